The minimum Gasteiger partial charge on any atom is -0.466 e. The first kappa shape index (κ1) is 13.2. The van der Waals surface area contributed by atoms with Crippen LogP contribution < -0.4 is 0 Å². The van der Waals surface area contributed by atoms with Gasteiger partial charge in [-0.2, -0.15) is 0 Å². The molecule has 0 saturated carbocycles. The van der Waals surface area contributed by atoms with Crippen LogP contribution in [0.2, 0.25) is 5.02 Å². The standard InChI is InChI=1S/C11H9BrClFO2/c1-16-11(15)7(6-12)5-8-9(13)3-2-4-10(8)14/h2-5H,6H2,1H3/b7-5+. The zero-order valence-corrected chi connectivity index (χ0v) is 10.8. The van der Waals surface area contributed by atoms with Crippen molar-refractivity contribution in [2.75, 3.05) is 12.4 Å². The number of carbonyl (C=O) groups excluding carboxylic acids is 1. The zero-order valence-electron chi connectivity index (χ0n) is 8.47. The van der Waals surface area contributed by atoms with Gasteiger partial charge in [0.05, 0.1) is 12.1 Å². The third-order valence-electron chi connectivity index (χ3n) is 1.91. The van der Waals surface area contributed by atoms with Gasteiger partial charge in [0.15, 0.2) is 0 Å². The minimum absolute atomic E-state index is 0.184. The van der Waals surface area contributed by atoms with Gasteiger partial charge >= 0.3 is 5.97 Å². The summed E-state index contributed by atoms with van der Waals surface area (Å²) in [5.74, 6) is -0.994. The average molecular weight is 308 g/mol. The number of halogens is 3. The molecular weight excluding hydrogens is 298 g/mol. The molecule has 0 saturated heterocycles. The molecule has 0 amide bonds. The monoisotopic (exact) mass is 306 g/mol. The summed E-state index contributed by atoms with van der Waals surface area (Å²) in [5, 5.41) is 0.520. The molecule has 0 N–H and O–H groups in total. The predicted molar refractivity (Wildman–Crippen MR) is 65.2 cm³/mol. The van der Waals surface area contributed by atoms with E-state index in [1.54, 1.807) is 6.07 Å². The fraction of sp³-hybridized carbons (Fsp3) is 0.182. The molecule has 0 aliphatic rings. The summed E-state index contributed by atoms with van der Waals surface area (Å²) >= 11 is 8.96. The van der Waals surface area contributed by atoms with Crippen LogP contribution in [0.3, 0.4) is 0 Å². The summed E-state index contributed by atoms with van der Waals surface area (Å²) in [5.41, 5.74) is 0.485. The maximum atomic E-state index is 13.4. The van der Waals surface area contributed by atoms with Crippen molar-refractivity contribution in [2.45, 2.75) is 0 Å². The summed E-state index contributed by atoms with van der Waals surface area (Å²) in [6.45, 7) is 0. The van der Waals surface area contributed by atoms with E-state index in [9.17, 15) is 9.18 Å². The van der Waals surface area contributed by atoms with E-state index in [0.717, 1.165) is 0 Å². The lowest BCUT2D eigenvalue weighted by Crippen LogP contribution is -2.05. The smallest absolute Gasteiger partial charge is 0.334 e. The molecule has 1 aromatic rings. The topological polar surface area (TPSA) is 26.3 Å². The molecule has 0 heterocycles. The highest BCUT2D eigenvalue weighted by Gasteiger charge is 2.11. The molecule has 1 rings (SSSR count). The van der Waals surface area contributed by atoms with Gasteiger partial charge in [0, 0.05) is 16.5 Å². The Hall–Kier alpha value is -0.870. The summed E-state index contributed by atoms with van der Waals surface area (Å²) < 4.78 is 18.0. The molecule has 86 valence electrons. The molecule has 0 radical (unpaired) electrons. The number of benzene rings is 1. The van der Waals surface area contributed by atoms with E-state index in [0.29, 0.717) is 5.57 Å². The Bertz CT molecular complexity index is 412. The lowest BCUT2D eigenvalue weighted by atomic mass is 10.1. The molecule has 0 atom stereocenters. The quantitative estimate of drug-likeness (QED) is 0.486. The number of rotatable bonds is 3. The van der Waals surface area contributed by atoms with Crippen molar-refractivity contribution < 1.29 is 13.9 Å². The molecule has 1 aromatic carbocycles. The third kappa shape index (κ3) is 3.06. The van der Waals surface area contributed by atoms with E-state index in [1.807, 2.05) is 0 Å². The van der Waals surface area contributed by atoms with Crippen molar-refractivity contribution in [3.8, 4) is 0 Å². The van der Waals surface area contributed by atoms with Crippen LogP contribution in [-0.4, -0.2) is 18.4 Å². The van der Waals surface area contributed by atoms with Gasteiger partial charge in [0.2, 0.25) is 0 Å². The highest BCUT2D eigenvalue weighted by molar-refractivity contribution is 9.09. The number of esters is 1. The first-order valence-electron chi connectivity index (χ1n) is 4.39. The van der Waals surface area contributed by atoms with Gasteiger partial charge in [-0.15, -0.1) is 0 Å². The van der Waals surface area contributed by atoms with E-state index in [1.165, 1.54) is 25.3 Å². The molecule has 16 heavy (non-hydrogen) atoms. The Labute approximate surface area is 106 Å². The summed E-state index contributed by atoms with van der Waals surface area (Å²) in [7, 11) is 1.27. The van der Waals surface area contributed by atoms with Gasteiger partial charge in [-0.3, -0.25) is 0 Å². The Morgan fingerprint density at radius 3 is 2.81 bits per heavy atom. The second-order valence-electron chi connectivity index (χ2n) is 2.93. The normalized spacial score (nSPS) is 11.4. The molecule has 5 heteroatoms. The van der Waals surface area contributed by atoms with Gasteiger partial charge in [-0.1, -0.05) is 33.6 Å². The van der Waals surface area contributed by atoms with E-state index in [2.05, 4.69) is 20.7 Å². The van der Waals surface area contributed by atoms with Crippen molar-refractivity contribution in [1.29, 1.82) is 0 Å². The molecule has 2 nitrogen and oxygen atoms in total. The number of hydrogen-bond acceptors (Lipinski definition) is 2. The van der Waals surface area contributed by atoms with Crippen LogP contribution in [-0.2, 0) is 9.53 Å². The second kappa shape index (κ2) is 6.01. The van der Waals surface area contributed by atoms with Crippen LogP contribution in [0.25, 0.3) is 6.08 Å². The van der Waals surface area contributed by atoms with Crippen molar-refractivity contribution in [3.63, 3.8) is 0 Å². The largest absolute Gasteiger partial charge is 0.466 e. The number of methoxy groups -OCH3 is 1. The fourth-order valence-electron chi connectivity index (χ4n) is 1.11. The summed E-state index contributed by atoms with van der Waals surface area (Å²) in [4.78, 5) is 11.3. The van der Waals surface area contributed by atoms with Crippen molar-refractivity contribution in [3.05, 3.63) is 40.2 Å². The molecular formula is C11H9BrClFO2. The van der Waals surface area contributed by atoms with E-state index in [4.69, 9.17) is 11.6 Å². The van der Waals surface area contributed by atoms with Crippen LogP contribution in [0.5, 0.6) is 0 Å². The maximum Gasteiger partial charge on any atom is 0.334 e. The van der Waals surface area contributed by atoms with Gasteiger partial charge < -0.3 is 4.74 Å². The molecule has 0 bridgehead atoms. The van der Waals surface area contributed by atoms with E-state index < -0.39 is 11.8 Å². The van der Waals surface area contributed by atoms with Crippen LogP contribution in [0, 0.1) is 5.82 Å². The molecule has 0 spiro atoms. The van der Waals surface area contributed by atoms with Crippen molar-refractivity contribution in [1.82, 2.24) is 0 Å². The number of hydrogen-bond donors (Lipinski definition) is 0. The van der Waals surface area contributed by atoms with Crippen LogP contribution in [0.4, 0.5) is 4.39 Å². The molecule has 0 aromatic heterocycles. The molecule has 0 aliphatic carbocycles. The molecule has 0 aliphatic heterocycles. The highest BCUT2D eigenvalue weighted by Crippen LogP contribution is 2.22. The average Bonchev–Trinajstić information content (AvgIpc) is 2.28. The zero-order chi connectivity index (χ0) is 12.1. The summed E-state index contributed by atoms with van der Waals surface area (Å²) in [6, 6.07) is 4.33. The van der Waals surface area contributed by atoms with Gasteiger partial charge in [-0.05, 0) is 18.2 Å². The highest BCUT2D eigenvalue weighted by atomic mass is 79.9. The molecule has 0 fully saturated rings. The van der Waals surface area contributed by atoms with Gasteiger partial charge in [0.25, 0.3) is 0 Å². The Balaban J connectivity index is 3.18. The van der Waals surface area contributed by atoms with Crippen LogP contribution >= 0.6 is 27.5 Å². The molecule has 0 unspecified atom stereocenters. The second-order valence-corrected chi connectivity index (χ2v) is 3.90. The summed E-state index contributed by atoms with van der Waals surface area (Å²) in [6.07, 6.45) is 1.37. The van der Waals surface area contributed by atoms with Crippen molar-refractivity contribution >= 4 is 39.6 Å². The third-order valence-corrected chi connectivity index (χ3v) is 2.84. The van der Waals surface area contributed by atoms with Crippen LogP contribution in [0.1, 0.15) is 5.56 Å². The first-order chi connectivity index (χ1) is 7.60. The lowest BCUT2D eigenvalue weighted by molar-refractivity contribution is -0.135. The SMILES string of the molecule is COC(=O)/C(=C/c1c(F)cccc1Cl)CBr. The number of alkyl halides is 1. The fourth-order valence-corrected chi connectivity index (χ4v) is 1.71. The minimum atomic E-state index is -0.517. The van der Waals surface area contributed by atoms with E-state index >= 15 is 0 Å². The predicted octanol–water partition coefficient (Wildman–Crippen LogP) is 3.43. The maximum absolute atomic E-state index is 13.4. The van der Waals surface area contributed by atoms with Crippen LogP contribution in [0.15, 0.2) is 23.8 Å². The van der Waals surface area contributed by atoms with E-state index in [-0.39, 0.29) is 15.9 Å². The first-order valence-corrected chi connectivity index (χ1v) is 5.89. The lowest BCUT2D eigenvalue weighted by Gasteiger charge is -2.04. The number of ether oxygens (including phenoxy) is 1. The van der Waals surface area contributed by atoms with Gasteiger partial charge in [-0.25, -0.2) is 9.18 Å². The van der Waals surface area contributed by atoms with Crippen molar-refractivity contribution in [2.24, 2.45) is 0 Å². The Morgan fingerprint density at radius 1 is 1.62 bits per heavy atom. The Morgan fingerprint density at radius 2 is 2.31 bits per heavy atom. The Kier molecular flexibility index (Phi) is 4.96. The van der Waals surface area contributed by atoms with Gasteiger partial charge in [0.1, 0.15) is 5.82 Å². The number of carbonyl (C=O) groups is 1.